The third-order valence-corrected chi connectivity index (χ3v) is 4.18. The largest absolute Gasteiger partial charge is 0.497 e. The first-order valence-electron chi connectivity index (χ1n) is 8.80. The van der Waals surface area contributed by atoms with Crippen molar-refractivity contribution in [3.8, 4) is 5.75 Å². The van der Waals surface area contributed by atoms with Gasteiger partial charge in [-0.3, -0.25) is 14.4 Å². The van der Waals surface area contributed by atoms with Gasteiger partial charge in [0.15, 0.2) is 6.10 Å². The molecule has 1 atom stereocenters. The van der Waals surface area contributed by atoms with E-state index in [0.717, 1.165) is 11.1 Å². The number of hydrogen-bond acceptors (Lipinski definition) is 5. The number of carbonyl (C=O) groups excluding carboxylic acids is 3. The zero-order valence-corrected chi connectivity index (χ0v) is 16.4. The monoisotopic (exact) mass is 384 g/mol. The van der Waals surface area contributed by atoms with Gasteiger partial charge in [0.2, 0.25) is 0 Å². The van der Waals surface area contributed by atoms with Gasteiger partial charge in [-0.15, -0.1) is 0 Å². The molecule has 0 saturated heterocycles. The Morgan fingerprint density at radius 3 is 2.46 bits per heavy atom. The van der Waals surface area contributed by atoms with E-state index < -0.39 is 18.0 Å². The first-order chi connectivity index (χ1) is 13.3. The lowest BCUT2D eigenvalue weighted by Crippen LogP contribution is -2.35. The highest BCUT2D eigenvalue weighted by atomic mass is 16.5. The smallest absolute Gasteiger partial charge is 0.326 e. The molecule has 0 aliphatic rings. The lowest BCUT2D eigenvalue weighted by molar-refractivity contribution is -0.152. The molecule has 0 spiro atoms. The summed E-state index contributed by atoms with van der Waals surface area (Å²) in [5.74, 6) is -0.974. The van der Waals surface area contributed by atoms with Gasteiger partial charge in [0, 0.05) is 17.3 Å². The second kappa shape index (κ2) is 9.55. The van der Waals surface area contributed by atoms with E-state index in [1.807, 2.05) is 19.9 Å². The molecule has 2 rings (SSSR count). The number of hydrogen-bond donors (Lipinski definition) is 2. The Bertz CT molecular complexity index is 879. The summed E-state index contributed by atoms with van der Waals surface area (Å²) in [5, 5.41) is 5.13. The van der Waals surface area contributed by atoms with Crippen LogP contribution in [0.3, 0.4) is 0 Å². The van der Waals surface area contributed by atoms with Crippen molar-refractivity contribution in [3.05, 3.63) is 59.2 Å². The van der Waals surface area contributed by atoms with Crippen LogP contribution in [0.5, 0.6) is 5.75 Å². The molecule has 28 heavy (non-hydrogen) atoms. The van der Waals surface area contributed by atoms with Crippen LogP contribution < -0.4 is 15.4 Å². The summed E-state index contributed by atoms with van der Waals surface area (Å²) in [7, 11) is 1.53. The third-order valence-electron chi connectivity index (χ3n) is 4.18. The molecule has 2 aromatic rings. The third kappa shape index (κ3) is 5.84. The maximum absolute atomic E-state index is 12.2. The van der Waals surface area contributed by atoms with E-state index in [4.69, 9.17) is 9.47 Å². The molecular weight excluding hydrogens is 360 g/mol. The maximum Gasteiger partial charge on any atom is 0.326 e. The van der Waals surface area contributed by atoms with Gasteiger partial charge in [0.05, 0.1) is 7.11 Å². The highest BCUT2D eigenvalue weighted by molar-refractivity contribution is 5.97. The molecule has 0 aliphatic carbocycles. The Morgan fingerprint density at radius 1 is 1.04 bits per heavy atom. The molecule has 0 aromatic heterocycles. The van der Waals surface area contributed by atoms with Crippen molar-refractivity contribution < 1.29 is 23.9 Å². The number of carbonyl (C=O) groups is 3. The molecule has 148 valence electrons. The fraction of sp³-hybridized carbons (Fsp3) is 0.286. The van der Waals surface area contributed by atoms with Crippen LogP contribution in [0.2, 0.25) is 0 Å². The van der Waals surface area contributed by atoms with E-state index in [1.165, 1.54) is 14.0 Å². The number of benzene rings is 2. The van der Waals surface area contributed by atoms with E-state index in [9.17, 15) is 14.4 Å². The summed E-state index contributed by atoms with van der Waals surface area (Å²) in [4.78, 5) is 36.2. The maximum atomic E-state index is 12.2. The molecule has 0 saturated carbocycles. The summed E-state index contributed by atoms with van der Waals surface area (Å²) in [5.41, 5.74) is 3.04. The van der Waals surface area contributed by atoms with Crippen molar-refractivity contribution in [2.75, 3.05) is 19.0 Å². The zero-order chi connectivity index (χ0) is 20.7. The number of methoxy groups -OCH3 is 1. The van der Waals surface area contributed by atoms with E-state index in [0.29, 0.717) is 17.0 Å². The lowest BCUT2D eigenvalue weighted by Gasteiger charge is -2.14. The van der Waals surface area contributed by atoms with Crippen molar-refractivity contribution in [1.82, 2.24) is 5.32 Å². The summed E-state index contributed by atoms with van der Waals surface area (Å²) in [6.45, 7) is 4.98. The van der Waals surface area contributed by atoms with Crippen molar-refractivity contribution in [3.63, 3.8) is 0 Å². The number of ether oxygens (including phenoxy) is 2. The van der Waals surface area contributed by atoms with E-state index in [-0.39, 0.29) is 12.5 Å². The number of anilines is 1. The standard InChI is InChI=1S/C21H24N2O5/c1-13-8-9-16(10-14(13)2)21(26)22-12-19(24)28-15(3)20(25)23-17-6-5-7-18(11-17)27-4/h5-11,15H,12H2,1-4H3,(H,22,26)(H,23,25)/t15-/m1/s1. The second-order valence-electron chi connectivity index (χ2n) is 6.34. The summed E-state index contributed by atoms with van der Waals surface area (Å²) in [6.07, 6.45) is -1.02. The van der Waals surface area contributed by atoms with E-state index >= 15 is 0 Å². The van der Waals surface area contributed by atoms with Crippen molar-refractivity contribution >= 4 is 23.5 Å². The Balaban J connectivity index is 1.83. The normalized spacial score (nSPS) is 11.3. The van der Waals surface area contributed by atoms with Crippen molar-refractivity contribution in [1.29, 1.82) is 0 Å². The van der Waals surface area contributed by atoms with Crippen LogP contribution in [-0.4, -0.2) is 37.5 Å². The second-order valence-corrected chi connectivity index (χ2v) is 6.34. The molecule has 0 bridgehead atoms. The number of rotatable bonds is 7. The van der Waals surface area contributed by atoms with Gasteiger partial charge in [-0.05, 0) is 56.2 Å². The number of amides is 2. The molecule has 7 heteroatoms. The van der Waals surface area contributed by atoms with Gasteiger partial charge in [-0.2, -0.15) is 0 Å². The van der Waals surface area contributed by atoms with E-state index in [2.05, 4.69) is 10.6 Å². The predicted molar refractivity (Wildman–Crippen MR) is 105 cm³/mol. The van der Waals surface area contributed by atoms with Gasteiger partial charge in [-0.25, -0.2) is 0 Å². The minimum absolute atomic E-state index is 0.331. The average molecular weight is 384 g/mol. The SMILES string of the molecule is COc1cccc(NC(=O)[C@@H](C)OC(=O)CNC(=O)c2ccc(C)c(C)c2)c1. The number of esters is 1. The number of aryl methyl sites for hydroxylation is 2. The molecular formula is C21H24N2O5. The van der Waals surface area contributed by atoms with Crippen LogP contribution in [0.25, 0.3) is 0 Å². The lowest BCUT2D eigenvalue weighted by atomic mass is 10.1. The zero-order valence-electron chi connectivity index (χ0n) is 16.4. The molecule has 0 aliphatic heterocycles. The van der Waals surface area contributed by atoms with Crippen LogP contribution in [0.1, 0.15) is 28.4 Å². The molecule has 2 aromatic carbocycles. The van der Waals surface area contributed by atoms with Gasteiger partial charge >= 0.3 is 5.97 Å². The van der Waals surface area contributed by atoms with Crippen molar-refractivity contribution in [2.24, 2.45) is 0 Å². The van der Waals surface area contributed by atoms with Crippen LogP contribution >= 0.6 is 0 Å². The molecule has 0 fully saturated rings. The van der Waals surface area contributed by atoms with Gasteiger partial charge in [-0.1, -0.05) is 12.1 Å². The Kier molecular flexibility index (Phi) is 7.14. The van der Waals surface area contributed by atoms with Crippen LogP contribution in [-0.2, 0) is 14.3 Å². The minimum Gasteiger partial charge on any atom is -0.497 e. The Morgan fingerprint density at radius 2 is 1.79 bits per heavy atom. The molecule has 0 unspecified atom stereocenters. The molecule has 0 heterocycles. The highest BCUT2D eigenvalue weighted by Gasteiger charge is 2.19. The topological polar surface area (TPSA) is 93.7 Å². The molecule has 2 N–H and O–H groups in total. The Labute approximate surface area is 164 Å². The summed E-state index contributed by atoms with van der Waals surface area (Å²) in [6, 6.07) is 12.1. The molecule has 7 nitrogen and oxygen atoms in total. The van der Waals surface area contributed by atoms with Crippen LogP contribution in [0, 0.1) is 13.8 Å². The fourth-order valence-electron chi connectivity index (χ4n) is 2.37. The minimum atomic E-state index is -1.02. The Hall–Kier alpha value is -3.35. The van der Waals surface area contributed by atoms with Gasteiger partial charge in [0.25, 0.3) is 11.8 Å². The first kappa shape index (κ1) is 21.0. The first-order valence-corrected chi connectivity index (χ1v) is 8.80. The summed E-state index contributed by atoms with van der Waals surface area (Å²) >= 11 is 0. The summed E-state index contributed by atoms with van der Waals surface area (Å²) < 4.78 is 10.2. The molecule has 0 radical (unpaired) electrons. The van der Waals surface area contributed by atoms with Crippen LogP contribution in [0.4, 0.5) is 5.69 Å². The van der Waals surface area contributed by atoms with Gasteiger partial charge < -0.3 is 20.1 Å². The van der Waals surface area contributed by atoms with Crippen molar-refractivity contribution in [2.45, 2.75) is 26.9 Å². The predicted octanol–water partition coefficient (Wildman–Crippen LogP) is 2.61. The highest BCUT2D eigenvalue weighted by Crippen LogP contribution is 2.17. The molecule has 2 amide bonds. The van der Waals surface area contributed by atoms with Gasteiger partial charge in [0.1, 0.15) is 12.3 Å². The van der Waals surface area contributed by atoms with Crippen LogP contribution in [0.15, 0.2) is 42.5 Å². The number of nitrogens with one attached hydrogen (secondary N) is 2. The van der Waals surface area contributed by atoms with E-state index in [1.54, 1.807) is 36.4 Å². The average Bonchev–Trinajstić information content (AvgIpc) is 2.68. The fourth-order valence-corrected chi connectivity index (χ4v) is 2.37. The quantitative estimate of drug-likeness (QED) is 0.716.